The van der Waals surface area contributed by atoms with Gasteiger partial charge in [0.15, 0.2) is 0 Å². The lowest BCUT2D eigenvalue weighted by Gasteiger charge is -2.10. The highest BCUT2D eigenvalue weighted by Crippen LogP contribution is 2.32. The van der Waals surface area contributed by atoms with E-state index in [1.54, 1.807) is 25.1 Å². The van der Waals surface area contributed by atoms with E-state index in [4.69, 9.17) is 14.3 Å². The maximum Gasteiger partial charge on any atom is 0.319 e. The Labute approximate surface area is 397 Å². The summed E-state index contributed by atoms with van der Waals surface area (Å²) in [7, 11) is -13.5. The van der Waals surface area contributed by atoms with Gasteiger partial charge in [-0.1, -0.05) is 72.8 Å². The first-order valence-corrected chi connectivity index (χ1v) is 25.1. The molecule has 0 saturated carbocycles. The van der Waals surface area contributed by atoms with E-state index in [-0.39, 0.29) is 40.8 Å². The van der Waals surface area contributed by atoms with Crippen LogP contribution in [-0.4, -0.2) is 66.2 Å². The minimum Gasteiger partial charge on any atom is -0.462 e. The van der Waals surface area contributed by atoms with Crippen LogP contribution in [0.15, 0.2) is 174 Å². The van der Waals surface area contributed by atoms with Crippen LogP contribution in [0.3, 0.4) is 0 Å². The van der Waals surface area contributed by atoms with Crippen molar-refractivity contribution in [3.8, 4) is 6.01 Å². The van der Waals surface area contributed by atoms with Crippen LogP contribution in [0.5, 0.6) is 6.01 Å². The third-order valence-corrected chi connectivity index (χ3v) is 12.3. The van der Waals surface area contributed by atoms with Gasteiger partial charge in [0, 0.05) is 12.8 Å². The molecule has 352 valence electrons. The zero-order valence-electron chi connectivity index (χ0n) is 36.6. The molecule has 0 radical (unpaired) electrons. The Balaban J connectivity index is 1.04. The lowest BCUT2D eigenvalue weighted by molar-refractivity contribution is 0.306. The monoisotopic (exact) mass is 987 g/mol. The van der Waals surface area contributed by atoms with E-state index >= 15 is 0 Å². The van der Waals surface area contributed by atoms with Crippen LogP contribution in [-0.2, 0) is 43.2 Å². The van der Waals surface area contributed by atoms with Crippen LogP contribution in [0.1, 0.15) is 45.0 Å². The fourth-order valence-electron chi connectivity index (χ4n) is 6.46. The van der Waals surface area contributed by atoms with Crippen molar-refractivity contribution in [1.29, 1.82) is 0 Å². The van der Waals surface area contributed by atoms with Gasteiger partial charge in [0.2, 0.25) is 0 Å². The molecule has 0 aliphatic rings. The van der Waals surface area contributed by atoms with Crippen molar-refractivity contribution in [2.75, 3.05) is 12.4 Å². The normalized spacial score (nSPS) is 12.5. The van der Waals surface area contributed by atoms with Gasteiger partial charge in [0.1, 0.15) is 34.6 Å². The second-order valence-corrected chi connectivity index (χ2v) is 19.6. The number of hydrogen-bond acceptors (Lipinski definition) is 16. The molecule has 1 heterocycles. The lowest BCUT2D eigenvalue weighted by atomic mass is 10.0. The first kappa shape index (κ1) is 49.3. The van der Waals surface area contributed by atoms with Crippen LogP contribution >= 0.6 is 0 Å². The van der Waals surface area contributed by atoms with Gasteiger partial charge in [0.25, 0.3) is 30.4 Å². The summed E-state index contributed by atoms with van der Waals surface area (Å²) < 4.78 is 104. The van der Waals surface area contributed by atoms with Crippen molar-refractivity contribution in [3.63, 3.8) is 0 Å². The second-order valence-electron chi connectivity index (χ2n) is 15.2. The van der Waals surface area contributed by atoms with E-state index in [0.717, 1.165) is 57.4 Å². The molecule has 0 aliphatic carbocycles. The van der Waals surface area contributed by atoms with Gasteiger partial charge >= 0.3 is 6.01 Å². The van der Waals surface area contributed by atoms with E-state index in [0.29, 0.717) is 22.9 Å². The summed E-state index contributed by atoms with van der Waals surface area (Å²) in [6.45, 7) is 3.35. The Bertz CT molecular complexity index is 3470. The highest BCUT2D eigenvalue weighted by atomic mass is 32.2. The Morgan fingerprint density at radius 3 is 1.64 bits per heavy atom. The van der Waals surface area contributed by atoms with Crippen molar-refractivity contribution in [3.05, 3.63) is 178 Å². The Morgan fingerprint density at radius 1 is 0.522 bits per heavy atom. The SMILES string of the molecule is Cc1cc(Cc2nc(Cc3ccc(N=Nc4ccc(N=Nc5ccc(S(=O)(=O)O)cc5)cc4S(=O)(=O)O)c(C)c3)nc(OCCS(=O)(=O)O)n2)ccc1/C=C/c1ccc(N=Nc2ccccc2)cc1. The number of nitrogens with zero attached hydrogens (tertiary/aromatic N) is 9. The summed E-state index contributed by atoms with van der Waals surface area (Å²) in [4.78, 5) is 12.6. The average Bonchev–Trinajstić information content (AvgIpc) is 3.29. The molecule has 7 rings (SSSR count). The molecule has 6 aromatic carbocycles. The summed E-state index contributed by atoms with van der Waals surface area (Å²) in [5, 5.41) is 24.7. The quantitative estimate of drug-likeness (QED) is 0.0410. The molecule has 0 aliphatic heterocycles. The Hall–Kier alpha value is -7.60. The molecular formula is C47H41N9O10S3. The number of azo groups is 3. The predicted molar refractivity (Wildman–Crippen MR) is 257 cm³/mol. The van der Waals surface area contributed by atoms with Crippen molar-refractivity contribution in [2.24, 2.45) is 30.7 Å². The summed E-state index contributed by atoms with van der Waals surface area (Å²) in [6, 6.07) is 36.7. The van der Waals surface area contributed by atoms with Crippen molar-refractivity contribution in [1.82, 2.24) is 15.0 Å². The number of benzene rings is 6. The smallest absolute Gasteiger partial charge is 0.319 e. The van der Waals surface area contributed by atoms with Crippen molar-refractivity contribution >= 4 is 76.6 Å². The van der Waals surface area contributed by atoms with Gasteiger partial charge in [-0.25, -0.2) is 4.98 Å². The topological polar surface area (TPSA) is 285 Å². The molecule has 7 aromatic rings. The summed E-state index contributed by atoms with van der Waals surface area (Å²) >= 11 is 0. The molecule has 0 unspecified atom stereocenters. The maximum atomic E-state index is 12.3. The van der Waals surface area contributed by atoms with Crippen LogP contribution in [0.4, 0.5) is 34.1 Å². The van der Waals surface area contributed by atoms with Gasteiger partial charge in [0.05, 0.1) is 33.3 Å². The van der Waals surface area contributed by atoms with E-state index in [2.05, 4.69) is 40.7 Å². The Morgan fingerprint density at radius 2 is 1.06 bits per heavy atom. The van der Waals surface area contributed by atoms with Gasteiger partial charge < -0.3 is 4.74 Å². The van der Waals surface area contributed by atoms with Crippen LogP contribution in [0.2, 0.25) is 0 Å². The number of hydrogen-bond donors (Lipinski definition) is 3. The Kier molecular flexibility index (Phi) is 15.4. The highest BCUT2D eigenvalue weighted by molar-refractivity contribution is 7.86. The predicted octanol–water partition coefficient (Wildman–Crippen LogP) is 10.8. The standard InChI is InChI=1S/C47H41N9O10S3/c1-31-26-34(9-14-36(31)13-8-33-10-15-38(16-11-33)52-51-37-6-4-3-5-7-37)28-45-48-46(50-47(49-45)66-24-25-67(57,58)59)29-35-12-22-42(32(2)27-35)55-56-43-23-19-40(30-44(43)69(63,64)65)54-53-39-17-20-41(21-18-39)68(60,61)62/h3-23,26-27,30H,24-25,28-29H2,1-2H3,(H,57,58,59)(H,60,61,62)(H,63,64,65)/b13-8+,52-51?,54-53?,56-55?. The number of aromatic nitrogens is 3. The van der Waals surface area contributed by atoms with Crippen LogP contribution < -0.4 is 4.74 Å². The van der Waals surface area contributed by atoms with E-state index in [1.807, 2.05) is 91.9 Å². The van der Waals surface area contributed by atoms with Gasteiger partial charge in [-0.2, -0.15) is 60.8 Å². The number of rotatable bonds is 18. The number of ether oxygens (including phenoxy) is 1. The molecule has 69 heavy (non-hydrogen) atoms. The van der Waals surface area contributed by atoms with E-state index in [9.17, 15) is 34.4 Å². The van der Waals surface area contributed by atoms with Crippen molar-refractivity contribution in [2.45, 2.75) is 36.5 Å². The third kappa shape index (κ3) is 14.7. The highest BCUT2D eigenvalue weighted by Gasteiger charge is 2.18. The van der Waals surface area contributed by atoms with Crippen LogP contribution in [0, 0.1) is 13.8 Å². The van der Waals surface area contributed by atoms with Crippen molar-refractivity contribution < 1.29 is 43.6 Å². The first-order chi connectivity index (χ1) is 32.8. The maximum absolute atomic E-state index is 12.3. The molecule has 0 bridgehead atoms. The molecule has 0 amide bonds. The van der Waals surface area contributed by atoms with Gasteiger partial charge in [-0.3, -0.25) is 13.7 Å². The summed E-state index contributed by atoms with van der Waals surface area (Å²) in [5.41, 5.74) is 7.17. The molecule has 0 fully saturated rings. The first-order valence-electron chi connectivity index (χ1n) is 20.6. The van der Waals surface area contributed by atoms with Gasteiger partial charge in [-0.15, -0.1) is 5.11 Å². The molecule has 19 nitrogen and oxygen atoms in total. The molecule has 0 spiro atoms. The molecular weight excluding hydrogens is 947 g/mol. The summed E-state index contributed by atoms with van der Waals surface area (Å²) in [6.07, 6.45) is 4.50. The summed E-state index contributed by atoms with van der Waals surface area (Å²) in [5.74, 6) is -0.00628. The largest absolute Gasteiger partial charge is 0.462 e. The third-order valence-electron chi connectivity index (χ3n) is 9.89. The zero-order valence-corrected chi connectivity index (χ0v) is 39.1. The van der Waals surface area contributed by atoms with E-state index < -0.39 is 47.6 Å². The second kappa shape index (κ2) is 21.6. The van der Waals surface area contributed by atoms with E-state index in [1.165, 1.54) is 24.3 Å². The lowest BCUT2D eigenvalue weighted by Crippen LogP contribution is -2.15. The molecule has 22 heteroatoms. The van der Waals surface area contributed by atoms with Gasteiger partial charge in [-0.05, 0) is 120 Å². The molecule has 0 saturated heterocycles. The fourth-order valence-corrected chi connectivity index (χ4v) is 7.87. The van der Waals surface area contributed by atoms with Crippen LogP contribution in [0.25, 0.3) is 12.2 Å². The molecule has 1 aromatic heterocycles. The average molecular weight is 988 g/mol. The minimum absolute atomic E-state index is 0.0221. The molecule has 3 N–H and O–H groups in total. The zero-order chi connectivity index (χ0) is 49.2. The minimum atomic E-state index is -4.81. The molecule has 0 atom stereocenters. The fraction of sp³-hybridized carbons (Fsp3) is 0.128. The number of aryl methyl sites for hydroxylation is 2.